The highest BCUT2D eigenvalue weighted by atomic mass is 19.1. The fourth-order valence-electron chi connectivity index (χ4n) is 2.23. The molecule has 1 atom stereocenters. The largest absolute Gasteiger partial charge is 0.486 e. The summed E-state index contributed by atoms with van der Waals surface area (Å²) in [5.41, 5.74) is 9.88. The number of hydrogen-bond acceptors (Lipinski definition) is 2. The van der Waals surface area contributed by atoms with Gasteiger partial charge in [0.15, 0.2) is 11.6 Å². The van der Waals surface area contributed by atoms with Crippen molar-refractivity contribution < 1.29 is 9.13 Å². The van der Waals surface area contributed by atoms with Gasteiger partial charge in [-0.15, -0.1) is 0 Å². The molecule has 106 valence electrons. The number of aryl methyl sites for hydroxylation is 2. The average Bonchev–Trinajstić information content (AvgIpc) is 2.36. The van der Waals surface area contributed by atoms with Gasteiger partial charge in [-0.05, 0) is 44.0 Å². The van der Waals surface area contributed by atoms with Gasteiger partial charge < -0.3 is 10.5 Å². The topological polar surface area (TPSA) is 35.2 Å². The van der Waals surface area contributed by atoms with E-state index in [1.807, 2.05) is 32.9 Å². The van der Waals surface area contributed by atoms with Crippen LogP contribution in [0, 0.1) is 19.7 Å². The van der Waals surface area contributed by atoms with Crippen LogP contribution >= 0.6 is 0 Å². The molecule has 0 aliphatic heterocycles. The molecule has 0 aliphatic rings. The van der Waals surface area contributed by atoms with Gasteiger partial charge in [-0.2, -0.15) is 0 Å². The van der Waals surface area contributed by atoms with Crippen molar-refractivity contribution in [2.24, 2.45) is 5.73 Å². The van der Waals surface area contributed by atoms with Gasteiger partial charge in [-0.1, -0.05) is 35.4 Å². The number of rotatable bonds is 4. The van der Waals surface area contributed by atoms with E-state index in [0.29, 0.717) is 6.61 Å². The third-order valence-corrected chi connectivity index (χ3v) is 3.16. The fraction of sp³-hybridized carbons (Fsp3) is 0.294. The van der Waals surface area contributed by atoms with E-state index in [-0.39, 0.29) is 17.6 Å². The highest BCUT2D eigenvalue weighted by molar-refractivity contribution is 5.32. The molecule has 0 heterocycles. The SMILES string of the molecule is Cc1cc(C)cc(COc2ccc([C@H](C)N)cc2F)c1. The Hall–Kier alpha value is -1.87. The first-order chi connectivity index (χ1) is 9.45. The Balaban J connectivity index is 2.11. The molecule has 0 aromatic heterocycles. The number of benzene rings is 2. The number of halogens is 1. The van der Waals surface area contributed by atoms with E-state index in [0.717, 1.165) is 11.1 Å². The predicted molar refractivity (Wildman–Crippen MR) is 79.3 cm³/mol. The van der Waals surface area contributed by atoms with Crippen molar-refractivity contribution in [1.29, 1.82) is 0 Å². The van der Waals surface area contributed by atoms with E-state index in [1.54, 1.807) is 12.1 Å². The molecular weight excluding hydrogens is 253 g/mol. The standard InChI is InChI=1S/C17H20FNO/c1-11-6-12(2)8-14(7-11)10-20-17-5-4-15(13(3)19)9-16(17)18/h4-9,13H,10,19H2,1-3H3/t13-/m0/s1. The van der Waals surface area contributed by atoms with Crippen LogP contribution in [0.4, 0.5) is 4.39 Å². The van der Waals surface area contributed by atoms with Crippen molar-refractivity contribution in [3.05, 3.63) is 64.5 Å². The predicted octanol–water partition coefficient (Wildman–Crippen LogP) is 4.04. The Kier molecular flexibility index (Phi) is 4.40. The quantitative estimate of drug-likeness (QED) is 0.912. The van der Waals surface area contributed by atoms with Gasteiger partial charge in [0, 0.05) is 6.04 Å². The van der Waals surface area contributed by atoms with E-state index in [2.05, 4.69) is 6.07 Å². The first-order valence-corrected chi connectivity index (χ1v) is 6.70. The van der Waals surface area contributed by atoms with E-state index in [4.69, 9.17) is 10.5 Å². The molecule has 0 amide bonds. The fourth-order valence-corrected chi connectivity index (χ4v) is 2.23. The van der Waals surface area contributed by atoms with Crippen molar-refractivity contribution >= 4 is 0 Å². The Morgan fingerprint density at radius 2 is 1.75 bits per heavy atom. The summed E-state index contributed by atoms with van der Waals surface area (Å²) in [6.45, 7) is 6.25. The molecule has 2 N–H and O–H groups in total. The second kappa shape index (κ2) is 6.06. The molecule has 2 nitrogen and oxygen atoms in total. The Labute approximate surface area is 119 Å². The summed E-state index contributed by atoms with van der Waals surface area (Å²) in [6, 6.07) is 10.9. The zero-order valence-corrected chi connectivity index (χ0v) is 12.1. The van der Waals surface area contributed by atoms with Gasteiger partial charge in [-0.25, -0.2) is 4.39 Å². The maximum atomic E-state index is 13.9. The molecule has 0 aliphatic carbocycles. The molecule has 2 aromatic carbocycles. The third-order valence-electron chi connectivity index (χ3n) is 3.16. The van der Waals surface area contributed by atoms with Crippen LogP contribution < -0.4 is 10.5 Å². The van der Waals surface area contributed by atoms with Crippen LogP contribution in [0.5, 0.6) is 5.75 Å². The Bertz CT molecular complexity index is 588. The monoisotopic (exact) mass is 273 g/mol. The molecule has 0 spiro atoms. The summed E-state index contributed by atoms with van der Waals surface area (Å²) in [7, 11) is 0. The average molecular weight is 273 g/mol. The molecule has 0 bridgehead atoms. The number of ether oxygens (including phenoxy) is 1. The molecule has 0 saturated heterocycles. The molecule has 20 heavy (non-hydrogen) atoms. The highest BCUT2D eigenvalue weighted by Crippen LogP contribution is 2.22. The lowest BCUT2D eigenvalue weighted by molar-refractivity contribution is 0.290. The maximum Gasteiger partial charge on any atom is 0.165 e. The summed E-state index contributed by atoms with van der Waals surface area (Å²) < 4.78 is 19.4. The van der Waals surface area contributed by atoms with Crippen LogP contribution in [-0.2, 0) is 6.61 Å². The van der Waals surface area contributed by atoms with Crippen molar-refractivity contribution in [2.75, 3.05) is 0 Å². The summed E-state index contributed by atoms with van der Waals surface area (Å²) in [4.78, 5) is 0. The van der Waals surface area contributed by atoms with Gasteiger partial charge in [0.05, 0.1) is 0 Å². The molecule has 2 aromatic rings. The second-order valence-electron chi connectivity index (χ2n) is 5.26. The lowest BCUT2D eigenvalue weighted by atomic mass is 10.1. The Morgan fingerprint density at radius 3 is 2.30 bits per heavy atom. The first kappa shape index (κ1) is 14.5. The zero-order chi connectivity index (χ0) is 14.7. The van der Waals surface area contributed by atoms with Crippen LogP contribution in [0.3, 0.4) is 0 Å². The molecule has 0 saturated carbocycles. The number of hydrogen-bond donors (Lipinski definition) is 1. The molecule has 3 heteroatoms. The van der Waals surface area contributed by atoms with Crippen LogP contribution in [-0.4, -0.2) is 0 Å². The van der Waals surface area contributed by atoms with E-state index < -0.39 is 0 Å². The van der Waals surface area contributed by atoms with E-state index >= 15 is 0 Å². The minimum Gasteiger partial charge on any atom is -0.486 e. The maximum absolute atomic E-state index is 13.9. The van der Waals surface area contributed by atoms with Crippen LogP contribution in [0.1, 0.15) is 35.2 Å². The minimum atomic E-state index is -0.371. The molecule has 0 radical (unpaired) electrons. The van der Waals surface area contributed by atoms with E-state index in [1.165, 1.54) is 17.2 Å². The van der Waals surface area contributed by atoms with E-state index in [9.17, 15) is 4.39 Å². The van der Waals surface area contributed by atoms with Crippen LogP contribution in [0.15, 0.2) is 36.4 Å². The first-order valence-electron chi connectivity index (χ1n) is 6.70. The molecule has 0 fully saturated rings. The lowest BCUT2D eigenvalue weighted by Gasteiger charge is -2.11. The molecule has 2 rings (SSSR count). The number of nitrogens with two attached hydrogens (primary N) is 1. The smallest absolute Gasteiger partial charge is 0.165 e. The van der Waals surface area contributed by atoms with Crippen molar-refractivity contribution in [3.8, 4) is 5.75 Å². The van der Waals surface area contributed by atoms with Crippen molar-refractivity contribution in [2.45, 2.75) is 33.4 Å². The lowest BCUT2D eigenvalue weighted by Crippen LogP contribution is -2.06. The summed E-state index contributed by atoms with van der Waals surface area (Å²) in [5, 5.41) is 0. The third kappa shape index (κ3) is 3.58. The molecule has 0 unspecified atom stereocenters. The molecular formula is C17H20FNO. The van der Waals surface area contributed by atoms with Gasteiger partial charge in [0.25, 0.3) is 0 Å². The minimum absolute atomic E-state index is 0.182. The highest BCUT2D eigenvalue weighted by Gasteiger charge is 2.07. The second-order valence-corrected chi connectivity index (χ2v) is 5.26. The van der Waals surface area contributed by atoms with Crippen LogP contribution in [0.2, 0.25) is 0 Å². The van der Waals surface area contributed by atoms with Crippen molar-refractivity contribution in [1.82, 2.24) is 0 Å². The van der Waals surface area contributed by atoms with Gasteiger partial charge in [0.2, 0.25) is 0 Å². The Morgan fingerprint density at radius 1 is 1.10 bits per heavy atom. The van der Waals surface area contributed by atoms with Gasteiger partial charge >= 0.3 is 0 Å². The van der Waals surface area contributed by atoms with Gasteiger partial charge in [0.1, 0.15) is 6.61 Å². The van der Waals surface area contributed by atoms with Gasteiger partial charge in [-0.3, -0.25) is 0 Å². The normalized spacial score (nSPS) is 12.2. The summed E-state index contributed by atoms with van der Waals surface area (Å²) >= 11 is 0. The summed E-state index contributed by atoms with van der Waals surface area (Å²) in [6.07, 6.45) is 0. The van der Waals surface area contributed by atoms with Crippen molar-refractivity contribution in [3.63, 3.8) is 0 Å². The zero-order valence-electron chi connectivity index (χ0n) is 12.1. The van der Waals surface area contributed by atoms with Crippen LogP contribution in [0.25, 0.3) is 0 Å². The summed E-state index contributed by atoms with van der Waals surface area (Å²) in [5.74, 6) is -0.113.